The average molecular weight is 954 g/mol. The maximum Gasteiger partial charge on any atom is 0.258 e. The molecule has 13 nitrogen and oxygen atoms in total. The predicted octanol–water partition coefficient (Wildman–Crippen LogP) is 8.81. The number of aryl methyl sites for hydroxylation is 2. The molecule has 6 aromatic rings. The molecule has 11 rings (SSSR count). The SMILES string of the molecule is CNc1ccc(-c2ccnc3c2cc([C@H](C)N2CC=C(c4c(C)cc(C(=O)N(C)c5ccc(C6CCN(Cc7ccc8c(c7)C7(CC7)C(=O)N8C7CCC(=O)NC7=O)CC6)cc5)cc4F)CC2)n3C)cn1. The highest BCUT2D eigenvalue weighted by Crippen LogP contribution is 2.58. The van der Waals surface area contributed by atoms with E-state index in [-0.39, 0.29) is 36.0 Å². The topological polar surface area (TPSA) is 136 Å². The average Bonchev–Trinajstić information content (AvgIpc) is 4.08. The number of carbonyl (C=O) groups excluding carboxylic acids is 4. The third kappa shape index (κ3) is 8.30. The first-order valence-electron chi connectivity index (χ1n) is 25.0. The molecule has 3 aromatic carbocycles. The molecule has 4 amide bonds. The molecule has 364 valence electrons. The zero-order valence-electron chi connectivity index (χ0n) is 41.1. The molecule has 7 heterocycles. The lowest BCUT2D eigenvalue weighted by atomic mass is 9.89. The summed E-state index contributed by atoms with van der Waals surface area (Å²) in [6.45, 7) is 8.18. The van der Waals surface area contributed by atoms with E-state index in [0.29, 0.717) is 36.4 Å². The Kier molecular flexibility index (Phi) is 11.9. The summed E-state index contributed by atoms with van der Waals surface area (Å²) in [4.78, 5) is 69.6. The summed E-state index contributed by atoms with van der Waals surface area (Å²) in [7, 11) is 5.67. The number of nitrogens with one attached hydrogen (secondary N) is 2. The number of pyridine rings is 2. The van der Waals surface area contributed by atoms with Crippen molar-refractivity contribution in [2.75, 3.05) is 55.4 Å². The number of hydrogen-bond acceptors (Lipinski definition) is 9. The number of benzene rings is 3. The quantitative estimate of drug-likeness (QED) is 0.122. The van der Waals surface area contributed by atoms with Gasteiger partial charge in [0.05, 0.1) is 5.41 Å². The number of likely N-dealkylation sites (tertiary alicyclic amines) is 1. The van der Waals surface area contributed by atoms with Crippen LogP contribution >= 0.6 is 0 Å². The Balaban J connectivity index is 0.700. The van der Waals surface area contributed by atoms with Crippen LogP contribution < -0.4 is 20.4 Å². The van der Waals surface area contributed by atoms with Crippen LogP contribution in [0.15, 0.2) is 97.3 Å². The lowest BCUT2D eigenvalue weighted by Crippen LogP contribution is -2.54. The van der Waals surface area contributed by atoms with Gasteiger partial charge >= 0.3 is 0 Å². The van der Waals surface area contributed by atoms with Crippen LogP contribution in [-0.2, 0) is 33.4 Å². The van der Waals surface area contributed by atoms with Crippen LogP contribution in [0.1, 0.15) is 108 Å². The Labute approximate surface area is 413 Å². The fraction of sp³-hybridized carbons (Fsp3) is 0.368. The molecule has 2 N–H and O–H groups in total. The van der Waals surface area contributed by atoms with E-state index in [9.17, 15) is 19.2 Å². The van der Waals surface area contributed by atoms with Gasteiger partial charge in [-0.05, 0) is 159 Å². The number of piperidine rings is 2. The third-order valence-electron chi connectivity index (χ3n) is 16.2. The van der Waals surface area contributed by atoms with Gasteiger partial charge in [-0.3, -0.25) is 39.2 Å². The molecule has 0 bridgehead atoms. The Morgan fingerprint density at radius 2 is 1.73 bits per heavy atom. The largest absolute Gasteiger partial charge is 0.373 e. The number of halogens is 1. The summed E-state index contributed by atoms with van der Waals surface area (Å²) in [6.07, 6.45) is 10.7. The lowest BCUT2D eigenvalue weighted by Gasteiger charge is -2.33. The molecule has 3 aromatic heterocycles. The molecule has 1 saturated carbocycles. The van der Waals surface area contributed by atoms with E-state index in [1.807, 2.05) is 62.8 Å². The first-order valence-corrected chi connectivity index (χ1v) is 25.0. The van der Waals surface area contributed by atoms with E-state index in [2.05, 4.69) is 86.4 Å². The van der Waals surface area contributed by atoms with Crippen molar-refractivity contribution in [1.29, 1.82) is 0 Å². The number of rotatable bonds is 11. The van der Waals surface area contributed by atoms with Crippen LogP contribution in [0.5, 0.6) is 0 Å². The van der Waals surface area contributed by atoms with Crippen molar-refractivity contribution >= 4 is 57.4 Å². The Morgan fingerprint density at radius 1 is 0.944 bits per heavy atom. The fourth-order valence-corrected chi connectivity index (χ4v) is 11.9. The highest BCUT2D eigenvalue weighted by molar-refractivity contribution is 6.15. The molecule has 1 spiro atoms. The van der Waals surface area contributed by atoms with E-state index in [4.69, 9.17) is 4.98 Å². The van der Waals surface area contributed by atoms with Crippen molar-refractivity contribution in [1.82, 2.24) is 29.7 Å². The second-order valence-electron chi connectivity index (χ2n) is 20.3. The van der Waals surface area contributed by atoms with Gasteiger partial charge in [-0.2, -0.15) is 0 Å². The van der Waals surface area contributed by atoms with Crippen LogP contribution in [0.2, 0.25) is 0 Å². The maximum absolute atomic E-state index is 16.2. The Morgan fingerprint density at radius 3 is 2.41 bits per heavy atom. The molecule has 3 fully saturated rings. The number of imide groups is 1. The fourth-order valence-electron chi connectivity index (χ4n) is 11.9. The van der Waals surface area contributed by atoms with Crippen LogP contribution in [-0.4, -0.2) is 94.3 Å². The smallest absolute Gasteiger partial charge is 0.258 e. The van der Waals surface area contributed by atoms with Gasteiger partial charge in [0.1, 0.15) is 23.3 Å². The van der Waals surface area contributed by atoms with Crippen molar-refractivity contribution in [2.45, 2.75) is 88.8 Å². The number of fused-ring (bicyclic) bond motifs is 3. The molecular formula is C57H60FN9O4. The summed E-state index contributed by atoms with van der Waals surface area (Å²) >= 11 is 0. The van der Waals surface area contributed by atoms with Crippen molar-refractivity contribution < 1.29 is 23.6 Å². The van der Waals surface area contributed by atoms with Gasteiger partial charge in [-0.1, -0.05) is 30.3 Å². The summed E-state index contributed by atoms with van der Waals surface area (Å²) < 4.78 is 18.3. The standard InChI is InChI=1S/C57H60FN9O4/c1-34-28-41(30-46(58)52(34)39-19-26-66(27-20-39)35(2)49-31-44-43(16-23-60-53(44)64(49)5)40-9-14-50(59-3)61-32-40)55(70)63(4)42-10-7-37(8-11-42)38-17-24-65(25-18-38)33-36-6-12-47-45(29-36)57(21-22-57)56(71)67(47)48-13-15-51(68)62-54(48)69/h6-12,14,16,19,23,28-32,35,38,48H,13,15,17-18,20-22,24-27,33H2,1-5H3,(H,59,61)(H,62,68,69)/t35-,48?/m0/s1. The summed E-state index contributed by atoms with van der Waals surface area (Å²) in [6, 6.07) is 25.4. The number of amides is 4. The Hall–Kier alpha value is -7.03. The molecule has 1 unspecified atom stereocenters. The third-order valence-corrected chi connectivity index (χ3v) is 16.2. The second-order valence-corrected chi connectivity index (χ2v) is 20.3. The monoisotopic (exact) mass is 953 g/mol. The van der Waals surface area contributed by atoms with Gasteiger partial charge in [0.2, 0.25) is 17.7 Å². The van der Waals surface area contributed by atoms with E-state index in [1.165, 1.54) is 11.6 Å². The van der Waals surface area contributed by atoms with E-state index >= 15 is 4.39 Å². The molecule has 0 radical (unpaired) electrons. The lowest BCUT2D eigenvalue weighted by molar-refractivity contribution is -0.135. The van der Waals surface area contributed by atoms with Crippen molar-refractivity contribution in [3.05, 3.63) is 142 Å². The van der Waals surface area contributed by atoms with Gasteiger partial charge in [-0.25, -0.2) is 14.4 Å². The molecule has 1 aliphatic carbocycles. The minimum atomic E-state index is -0.650. The molecule has 71 heavy (non-hydrogen) atoms. The zero-order valence-corrected chi connectivity index (χ0v) is 41.1. The predicted molar refractivity (Wildman–Crippen MR) is 275 cm³/mol. The summed E-state index contributed by atoms with van der Waals surface area (Å²) in [5.74, 6) is -0.122. The van der Waals surface area contributed by atoms with E-state index < -0.39 is 17.4 Å². The molecule has 4 aliphatic heterocycles. The van der Waals surface area contributed by atoms with E-state index in [0.717, 1.165) is 119 Å². The molecule has 2 saturated heterocycles. The summed E-state index contributed by atoms with van der Waals surface area (Å²) in [5.41, 5.74) is 11.2. The van der Waals surface area contributed by atoms with Gasteiger partial charge in [0.15, 0.2) is 0 Å². The minimum absolute atomic E-state index is 0.0105. The van der Waals surface area contributed by atoms with Crippen molar-refractivity contribution in [3.8, 4) is 11.1 Å². The van der Waals surface area contributed by atoms with Crippen LogP contribution in [0.4, 0.5) is 21.6 Å². The highest BCUT2D eigenvalue weighted by atomic mass is 19.1. The summed E-state index contributed by atoms with van der Waals surface area (Å²) in [5, 5.41) is 6.58. The second kappa shape index (κ2) is 18.3. The number of carbonyl (C=O) groups is 4. The van der Waals surface area contributed by atoms with Gasteiger partial charge < -0.3 is 14.8 Å². The number of anilines is 3. The van der Waals surface area contributed by atoms with Crippen LogP contribution in [0.25, 0.3) is 27.7 Å². The first-order chi connectivity index (χ1) is 34.3. The normalized spacial score (nSPS) is 19.7. The van der Waals surface area contributed by atoms with Crippen molar-refractivity contribution in [2.24, 2.45) is 7.05 Å². The first kappa shape index (κ1) is 46.4. The molecule has 5 aliphatic rings. The van der Waals surface area contributed by atoms with Gasteiger partial charge in [0.25, 0.3) is 5.91 Å². The number of hydrogen-bond donors (Lipinski definition) is 2. The number of aromatic nitrogens is 3. The zero-order chi connectivity index (χ0) is 49.3. The van der Waals surface area contributed by atoms with Gasteiger partial charge in [-0.15, -0.1) is 0 Å². The van der Waals surface area contributed by atoms with Crippen LogP contribution in [0.3, 0.4) is 0 Å². The molecular weight excluding hydrogens is 894 g/mol. The maximum atomic E-state index is 16.2. The molecule has 14 heteroatoms. The van der Waals surface area contributed by atoms with Crippen LogP contribution in [0, 0.1) is 12.7 Å². The van der Waals surface area contributed by atoms with Gasteiger partial charge in [0, 0.05) is 105 Å². The molecule has 2 atom stereocenters. The van der Waals surface area contributed by atoms with E-state index in [1.54, 1.807) is 16.8 Å². The minimum Gasteiger partial charge on any atom is -0.373 e. The number of nitrogens with zero attached hydrogens (tertiary/aromatic N) is 7. The Bertz CT molecular complexity index is 3130. The van der Waals surface area contributed by atoms with Crippen molar-refractivity contribution in [3.63, 3.8) is 0 Å². The highest BCUT2D eigenvalue weighted by Gasteiger charge is 2.61.